The molecule has 0 aromatic heterocycles. The number of hydrogen-bond acceptors (Lipinski definition) is 2. The van der Waals surface area contributed by atoms with E-state index in [1.807, 2.05) is 0 Å². The van der Waals surface area contributed by atoms with Crippen LogP contribution in [0.4, 0.5) is 5.69 Å². The van der Waals surface area contributed by atoms with Crippen molar-refractivity contribution in [3.8, 4) is 0 Å². The molecule has 0 fully saturated rings. The smallest absolute Gasteiger partial charge is 0.170 e. The van der Waals surface area contributed by atoms with Crippen LogP contribution in [0.1, 0.15) is 0 Å². The van der Waals surface area contributed by atoms with Gasteiger partial charge in [-0.25, -0.2) is 0 Å². The SMILES string of the molecule is COCCNC(=S)Nc1cccc(Cl)c1Cl. The summed E-state index contributed by atoms with van der Waals surface area (Å²) < 4.78 is 4.89. The first-order chi connectivity index (χ1) is 7.65. The Morgan fingerprint density at radius 1 is 1.44 bits per heavy atom. The van der Waals surface area contributed by atoms with Crippen molar-refractivity contribution in [1.29, 1.82) is 0 Å². The van der Waals surface area contributed by atoms with Crippen LogP contribution in [0.5, 0.6) is 0 Å². The third kappa shape index (κ3) is 4.14. The van der Waals surface area contributed by atoms with Gasteiger partial charge in [0, 0.05) is 13.7 Å². The topological polar surface area (TPSA) is 33.3 Å². The Bertz CT molecular complexity index is 374. The predicted molar refractivity (Wildman–Crippen MR) is 72.6 cm³/mol. The molecule has 0 aliphatic heterocycles. The van der Waals surface area contributed by atoms with Crippen molar-refractivity contribution in [2.75, 3.05) is 25.6 Å². The second-order valence-corrected chi connectivity index (χ2v) is 4.17. The van der Waals surface area contributed by atoms with Gasteiger partial charge in [-0.05, 0) is 24.4 Å². The minimum absolute atomic E-state index is 0.458. The predicted octanol–water partition coefficient (Wildman–Crippen LogP) is 2.93. The first-order valence-electron chi connectivity index (χ1n) is 4.63. The van der Waals surface area contributed by atoms with E-state index >= 15 is 0 Å². The number of halogens is 2. The van der Waals surface area contributed by atoms with E-state index < -0.39 is 0 Å². The summed E-state index contributed by atoms with van der Waals surface area (Å²) in [6, 6.07) is 5.32. The maximum absolute atomic E-state index is 5.99. The minimum Gasteiger partial charge on any atom is -0.383 e. The Kier molecular flexibility index (Phi) is 5.84. The maximum Gasteiger partial charge on any atom is 0.170 e. The molecule has 0 aliphatic rings. The molecule has 0 amide bonds. The van der Waals surface area contributed by atoms with Crippen LogP contribution < -0.4 is 10.6 Å². The monoisotopic (exact) mass is 278 g/mol. The first-order valence-corrected chi connectivity index (χ1v) is 5.79. The number of hydrogen-bond donors (Lipinski definition) is 2. The molecule has 2 N–H and O–H groups in total. The number of benzene rings is 1. The standard InChI is InChI=1S/C10H12Cl2N2OS/c1-15-6-5-13-10(16)14-8-4-2-3-7(11)9(8)12/h2-4H,5-6H2,1H3,(H2,13,14,16). The van der Waals surface area contributed by atoms with E-state index in [1.54, 1.807) is 25.3 Å². The number of methoxy groups -OCH3 is 1. The van der Waals surface area contributed by atoms with Gasteiger partial charge in [-0.3, -0.25) is 0 Å². The Hall–Kier alpha value is -0.550. The van der Waals surface area contributed by atoms with Gasteiger partial charge in [-0.2, -0.15) is 0 Å². The maximum atomic E-state index is 5.99. The van der Waals surface area contributed by atoms with Gasteiger partial charge in [0.15, 0.2) is 5.11 Å². The molecule has 16 heavy (non-hydrogen) atoms. The van der Waals surface area contributed by atoms with Gasteiger partial charge in [0.05, 0.1) is 22.3 Å². The summed E-state index contributed by atoms with van der Waals surface area (Å²) in [7, 11) is 1.63. The fourth-order valence-corrected chi connectivity index (χ4v) is 1.59. The summed E-state index contributed by atoms with van der Waals surface area (Å²) in [6.45, 7) is 1.23. The van der Waals surface area contributed by atoms with Gasteiger partial charge in [0.25, 0.3) is 0 Å². The highest BCUT2D eigenvalue weighted by atomic mass is 35.5. The number of ether oxygens (including phenoxy) is 1. The average molecular weight is 279 g/mol. The van der Waals surface area contributed by atoms with E-state index in [0.29, 0.717) is 34.0 Å². The lowest BCUT2D eigenvalue weighted by Crippen LogP contribution is -2.31. The van der Waals surface area contributed by atoms with Crippen molar-refractivity contribution >= 4 is 46.2 Å². The fraction of sp³-hybridized carbons (Fsp3) is 0.300. The van der Waals surface area contributed by atoms with Crippen LogP contribution in [0.2, 0.25) is 10.0 Å². The van der Waals surface area contributed by atoms with Crippen molar-refractivity contribution in [3.05, 3.63) is 28.2 Å². The average Bonchev–Trinajstić information content (AvgIpc) is 2.25. The lowest BCUT2D eigenvalue weighted by Gasteiger charge is -2.11. The van der Waals surface area contributed by atoms with E-state index in [-0.39, 0.29) is 0 Å². The number of nitrogens with one attached hydrogen (secondary N) is 2. The van der Waals surface area contributed by atoms with Gasteiger partial charge in [0.2, 0.25) is 0 Å². The molecule has 0 heterocycles. The fourth-order valence-electron chi connectivity index (χ4n) is 1.03. The van der Waals surface area contributed by atoms with Gasteiger partial charge in [0.1, 0.15) is 0 Å². The number of thiocarbonyl (C=S) groups is 1. The van der Waals surface area contributed by atoms with Gasteiger partial charge in [-0.15, -0.1) is 0 Å². The van der Waals surface area contributed by atoms with Crippen LogP contribution in [0.25, 0.3) is 0 Å². The highest BCUT2D eigenvalue weighted by Crippen LogP contribution is 2.29. The molecular formula is C10H12Cl2N2OS. The van der Waals surface area contributed by atoms with Crippen molar-refractivity contribution in [1.82, 2.24) is 5.32 Å². The largest absolute Gasteiger partial charge is 0.383 e. The molecule has 88 valence electrons. The zero-order valence-corrected chi connectivity index (χ0v) is 11.0. The minimum atomic E-state index is 0.458. The van der Waals surface area contributed by atoms with Crippen LogP contribution in [0.3, 0.4) is 0 Å². The van der Waals surface area contributed by atoms with Crippen LogP contribution in [-0.4, -0.2) is 25.4 Å². The highest BCUT2D eigenvalue weighted by Gasteiger charge is 2.05. The van der Waals surface area contributed by atoms with E-state index in [2.05, 4.69) is 10.6 Å². The van der Waals surface area contributed by atoms with Gasteiger partial charge >= 0.3 is 0 Å². The van der Waals surface area contributed by atoms with E-state index in [1.165, 1.54) is 0 Å². The van der Waals surface area contributed by atoms with Crippen molar-refractivity contribution in [2.24, 2.45) is 0 Å². The lowest BCUT2D eigenvalue weighted by molar-refractivity contribution is 0.204. The molecule has 3 nitrogen and oxygen atoms in total. The normalized spacial score (nSPS) is 9.94. The summed E-state index contributed by atoms with van der Waals surface area (Å²) in [6.07, 6.45) is 0. The van der Waals surface area contributed by atoms with Gasteiger partial charge in [-0.1, -0.05) is 29.3 Å². The van der Waals surface area contributed by atoms with E-state index in [4.69, 9.17) is 40.2 Å². The second-order valence-electron chi connectivity index (χ2n) is 2.98. The molecule has 0 atom stereocenters. The molecule has 1 aromatic carbocycles. The molecule has 0 aliphatic carbocycles. The Balaban J connectivity index is 2.53. The molecule has 0 spiro atoms. The van der Waals surface area contributed by atoms with Crippen molar-refractivity contribution in [3.63, 3.8) is 0 Å². The summed E-state index contributed by atoms with van der Waals surface area (Å²) >= 11 is 16.9. The molecule has 0 saturated carbocycles. The molecule has 0 radical (unpaired) electrons. The molecule has 0 saturated heterocycles. The molecular weight excluding hydrogens is 267 g/mol. The molecule has 0 bridgehead atoms. The Morgan fingerprint density at radius 2 is 2.19 bits per heavy atom. The van der Waals surface area contributed by atoms with E-state index in [0.717, 1.165) is 0 Å². The first kappa shape index (κ1) is 13.5. The zero-order chi connectivity index (χ0) is 12.0. The molecule has 0 unspecified atom stereocenters. The Labute approximate surface area is 110 Å². The summed E-state index contributed by atoms with van der Waals surface area (Å²) in [5, 5.41) is 7.37. The summed E-state index contributed by atoms with van der Waals surface area (Å²) in [5.74, 6) is 0. The third-order valence-electron chi connectivity index (χ3n) is 1.79. The van der Waals surface area contributed by atoms with Crippen LogP contribution in [-0.2, 0) is 4.74 Å². The quantitative estimate of drug-likeness (QED) is 0.656. The van der Waals surface area contributed by atoms with Crippen LogP contribution in [0.15, 0.2) is 18.2 Å². The van der Waals surface area contributed by atoms with Gasteiger partial charge < -0.3 is 15.4 Å². The molecule has 1 aromatic rings. The van der Waals surface area contributed by atoms with Crippen LogP contribution in [0, 0.1) is 0 Å². The summed E-state index contributed by atoms with van der Waals surface area (Å²) in [4.78, 5) is 0. The number of anilines is 1. The summed E-state index contributed by atoms with van der Waals surface area (Å²) in [5.41, 5.74) is 0.684. The van der Waals surface area contributed by atoms with E-state index in [9.17, 15) is 0 Å². The van der Waals surface area contributed by atoms with Crippen LogP contribution >= 0.6 is 35.4 Å². The molecule has 6 heteroatoms. The third-order valence-corrected chi connectivity index (χ3v) is 2.86. The second kappa shape index (κ2) is 6.91. The Morgan fingerprint density at radius 3 is 2.88 bits per heavy atom. The van der Waals surface area contributed by atoms with Crippen molar-refractivity contribution < 1.29 is 4.74 Å². The van der Waals surface area contributed by atoms with Crippen molar-refractivity contribution in [2.45, 2.75) is 0 Å². The number of rotatable bonds is 4. The highest BCUT2D eigenvalue weighted by molar-refractivity contribution is 7.80. The lowest BCUT2D eigenvalue weighted by atomic mass is 10.3. The zero-order valence-electron chi connectivity index (χ0n) is 8.72. The molecule has 1 rings (SSSR count).